The molecule has 0 aliphatic carbocycles. The molecule has 0 saturated heterocycles. The van der Waals surface area contributed by atoms with Crippen molar-refractivity contribution in [2.45, 2.75) is 39.0 Å². The van der Waals surface area contributed by atoms with Crippen LogP contribution in [0.3, 0.4) is 0 Å². The summed E-state index contributed by atoms with van der Waals surface area (Å²) in [5.74, 6) is 0.854. The molecule has 0 aliphatic rings. The van der Waals surface area contributed by atoms with Crippen LogP contribution in [0.5, 0.6) is 0 Å². The molecule has 0 unspecified atom stereocenters. The molecule has 0 fully saturated rings. The summed E-state index contributed by atoms with van der Waals surface area (Å²) in [7, 11) is 0. The zero-order valence-electron chi connectivity index (χ0n) is 18.7. The predicted octanol–water partition coefficient (Wildman–Crippen LogP) is 6.42. The third kappa shape index (κ3) is 6.45. The number of thiazole rings is 1. The maximum atomic E-state index is 13.2. The van der Waals surface area contributed by atoms with Gasteiger partial charge in [0.25, 0.3) is 0 Å². The van der Waals surface area contributed by atoms with Crippen LogP contribution in [0.15, 0.2) is 41.3 Å². The molecule has 166 valence electrons. The van der Waals surface area contributed by atoms with Gasteiger partial charge >= 0.3 is 0 Å². The Labute approximate surface area is 198 Å². The lowest BCUT2D eigenvalue weighted by atomic mass is 10.1. The Kier molecular flexibility index (Phi) is 8.78. The molecule has 1 amide bonds. The molecular formula is C24H30ClN3OS2. The fraction of sp³-hybridized carbons (Fsp3) is 0.417. The number of halogens is 1. The second-order valence-electron chi connectivity index (χ2n) is 7.53. The first-order valence-corrected chi connectivity index (χ1v) is 12.9. The van der Waals surface area contributed by atoms with Crippen molar-refractivity contribution in [1.29, 1.82) is 0 Å². The van der Waals surface area contributed by atoms with Gasteiger partial charge in [-0.3, -0.25) is 9.69 Å². The minimum absolute atomic E-state index is 0.126. The second-order valence-corrected chi connectivity index (χ2v) is 10.1. The van der Waals surface area contributed by atoms with Gasteiger partial charge in [-0.1, -0.05) is 36.8 Å². The number of hydrogen-bond acceptors (Lipinski definition) is 5. The maximum absolute atomic E-state index is 13.2. The van der Waals surface area contributed by atoms with E-state index < -0.39 is 0 Å². The standard InChI is InChI=1S/C24H30ClN3OS2/c1-5-27(6-2)12-13-28(23(29)11-14-30-20-9-7-19(25)8-10-20)24-26-21-15-17(3)18(4)16-22(21)31-24/h7-10,15-16H,5-6,11-14H2,1-4H3. The number of carbonyl (C=O) groups is 1. The molecular weight excluding hydrogens is 446 g/mol. The summed E-state index contributed by atoms with van der Waals surface area (Å²) in [6.45, 7) is 12.0. The first-order valence-electron chi connectivity index (χ1n) is 10.7. The van der Waals surface area contributed by atoms with Crippen LogP contribution in [0.1, 0.15) is 31.4 Å². The summed E-state index contributed by atoms with van der Waals surface area (Å²) < 4.78 is 1.13. The molecule has 0 radical (unpaired) electrons. The van der Waals surface area contributed by atoms with E-state index in [4.69, 9.17) is 16.6 Å². The normalized spacial score (nSPS) is 11.4. The van der Waals surface area contributed by atoms with E-state index >= 15 is 0 Å². The van der Waals surface area contributed by atoms with Gasteiger partial charge in [0.1, 0.15) is 0 Å². The lowest BCUT2D eigenvalue weighted by molar-refractivity contribution is -0.118. The van der Waals surface area contributed by atoms with Gasteiger partial charge < -0.3 is 4.90 Å². The van der Waals surface area contributed by atoms with Crippen molar-refractivity contribution in [2.24, 2.45) is 0 Å². The summed E-state index contributed by atoms with van der Waals surface area (Å²) in [4.78, 5) is 23.4. The lowest BCUT2D eigenvalue weighted by Gasteiger charge is -2.24. The maximum Gasteiger partial charge on any atom is 0.229 e. The molecule has 0 bridgehead atoms. The summed E-state index contributed by atoms with van der Waals surface area (Å²) in [6, 6.07) is 12.0. The van der Waals surface area contributed by atoms with Crippen molar-refractivity contribution in [3.05, 3.63) is 52.5 Å². The first-order chi connectivity index (χ1) is 14.9. The fourth-order valence-corrected chi connectivity index (χ4v) is 5.37. The molecule has 0 atom stereocenters. The van der Waals surface area contributed by atoms with E-state index in [1.807, 2.05) is 29.2 Å². The monoisotopic (exact) mass is 475 g/mol. The first kappa shape index (κ1) is 24.1. The number of anilines is 1. The van der Waals surface area contributed by atoms with Crippen LogP contribution < -0.4 is 4.90 Å². The molecule has 3 rings (SSSR count). The van der Waals surface area contributed by atoms with E-state index in [1.54, 1.807) is 23.1 Å². The summed E-state index contributed by atoms with van der Waals surface area (Å²) in [5.41, 5.74) is 3.45. The number of hydrogen-bond donors (Lipinski definition) is 0. The molecule has 2 aromatic carbocycles. The Hall–Kier alpha value is -1.60. The Morgan fingerprint density at radius 2 is 1.74 bits per heavy atom. The summed E-state index contributed by atoms with van der Waals surface area (Å²) in [6.07, 6.45) is 0.472. The summed E-state index contributed by atoms with van der Waals surface area (Å²) >= 11 is 9.25. The van der Waals surface area contributed by atoms with Crippen molar-refractivity contribution in [2.75, 3.05) is 36.8 Å². The highest BCUT2D eigenvalue weighted by Gasteiger charge is 2.20. The summed E-state index contributed by atoms with van der Waals surface area (Å²) in [5, 5.41) is 1.53. The number of likely N-dealkylation sites (N-methyl/N-ethyl adjacent to an activating group) is 1. The largest absolute Gasteiger partial charge is 0.302 e. The molecule has 31 heavy (non-hydrogen) atoms. The van der Waals surface area contributed by atoms with Crippen molar-refractivity contribution < 1.29 is 4.79 Å². The number of aryl methyl sites for hydroxylation is 2. The zero-order chi connectivity index (χ0) is 22.4. The number of rotatable bonds is 10. The van der Waals surface area contributed by atoms with Crippen molar-refractivity contribution in [3.63, 3.8) is 0 Å². The Morgan fingerprint density at radius 1 is 1.06 bits per heavy atom. The van der Waals surface area contributed by atoms with Crippen LogP contribution in [0.2, 0.25) is 5.02 Å². The second kappa shape index (κ2) is 11.3. The third-order valence-electron chi connectivity index (χ3n) is 5.46. The van der Waals surface area contributed by atoms with Crippen molar-refractivity contribution in [3.8, 4) is 0 Å². The number of amides is 1. The van der Waals surface area contributed by atoms with Gasteiger partial charge in [0.05, 0.1) is 10.2 Å². The van der Waals surface area contributed by atoms with Gasteiger partial charge in [0.2, 0.25) is 5.91 Å². The number of aromatic nitrogens is 1. The molecule has 0 aliphatic heterocycles. The highest BCUT2D eigenvalue weighted by atomic mass is 35.5. The molecule has 0 spiro atoms. The molecule has 3 aromatic rings. The lowest BCUT2D eigenvalue weighted by Crippen LogP contribution is -2.39. The highest BCUT2D eigenvalue weighted by Crippen LogP contribution is 2.31. The van der Waals surface area contributed by atoms with E-state index in [0.717, 1.165) is 50.7 Å². The van der Waals surface area contributed by atoms with E-state index in [1.165, 1.54) is 11.1 Å². The molecule has 0 saturated carbocycles. The van der Waals surface area contributed by atoms with E-state index in [9.17, 15) is 4.79 Å². The van der Waals surface area contributed by atoms with Gasteiger partial charge in [-0.05, 0) is 74.5 Å². The van der Waals surface area contributed by atoms with E-state index in [0.29, 0.717) is 13.0 Å². The Balaban J connectivity index is 1.75. The van der Waals surface area contributed by atoms with Crippen molar-refractivity contribution in [1.82, 2.24) is 9.88 Å². The van der Waals surface area contributed by atoms with E-state index in [2.05, 4.69) is 44.7 Å². The number of benzene rings is 2. The average molecular weight is 476 g/mol. The van der Waals surface area contributed by atoms with Gasteiger partial charge in [0, 0.05) is 35.2 Å². The smallest absolute Gasteiger partial charge is 0.229 e. The quantitative estimate of drug-likeness (QED) is 0.317. The van der Waals surface area contributed by atoms with Gasteiger partial charge in [-0.25, -0.2) is 4.98 Å². The van der Waals surface area contributed by atoms with Crippen LogP contribution in [0.25, 0.3) is 10.2 Å². The molecule has 0 N–H and O–H groups in total. The van der Waals surface area contributed by atoms with Crippen LogP contribution in [0, 0.1) is 13.8 Å². The molecule has 7 heteroatoms. The van der Waals surface area contributed by atoms with Crippen LogP contribution in [-0.2, 0) is 4.79 Å². The van der Waals surface area contributed by atoms with Gasteiger partial charge in [-0.15, -0.1) is 11.8 Å². The zero-order valence-corrected chi connectivity index (χ0v) is 21.0. The molecule has 1 heterocycles. The van der Waals surface area contributed by atoms with Crippen LogP contribution >= 0.6 is 34.7 Å². The Morgan fingerprint density at radius 3 is 2.42 bits per heavy atom. The van der Waals surface area contributed by atoms with E-state index in [-0.39, 0.29) is 5.91 Å². The Bertz CT molecular complexity index is 977. The third-order valence-corrected chi connectivity index (χ3v) is 7.76. The number of fused-ring (bicyclic) bond motifs is 1. The van der Waals surface area contributed by atoms with Gasteiger partial charge in [-0.2, -0.15) is 0 Å². The number of carbonyl (C=O) groups excluding carboxylic acids is 1. The topological polar surface area (TPSA) is 36.4 Å². The minimum atomic E-state index is 0.126. The highest BCUT2D eigenvalue weighted by molar-refractivity contribution is 7.99. The SMILES string of the molecule is CCN(CC)CCN(C(=O)CCSc1ccc(Cl)cc1)c1nc2cc(C)c(C)cc2s1. The average Bonchev–Trinajstić information content (AvgIpc) is 3.15. The molecule has 4 nitrogen and oxygen atoms in total. The minimum Gasteiger partial charge on any atom is -0.302 e. The van der Waals surface area contributed by atoms with Crippen LogP contribution in [-0.4, -0.2) is 47.7 Å². The van der Waals surface area contributed by atoms with Gasteiger partial charge in [0.15, 0.2) is 5.13 Å². The predicted molar refractivity (Wildman–Crippen MR) is 136 cm³/mol. The van der Waals surface area contributed by atoms with Crippen molar-refractivity contribution >= 4 is 56.0 Å². The molecule has 1 aromatic heterocycles. The van der Waals surface area contributed by atoms with Crippen LogP contribution in [0.4, 0.5) is 5.13 Å². The fourth-order valence-electron chi connectivity index (χ4n) is 3.31. The number of thioether (sulfide) groups is 1. The number of nitrogens with zero attached hydrogens (tertiary/aromatic N) is 3.